The Morgan fingerprint density at radius 3 is 2.12 bits per heavy atom. The molecule has 0 spiro atoms. The molecule has 0 aromatic heterocycles. The number of Topliss-reactive ketones (excluding diaryl/α,β-unsaturated/α-hetero) is 1. The van der Waals surface area contributed by atoms with E-state index in [1.165, 1.54) is 6.92 Å². The zero-order valence-corrected chi connectivity index (χ0v) is 16.6. The molecule has 1 aromatic carbocycles. The number of ketones is 1. The van der Waals surface area contributed by atoms with Gasteiger partial charge in [0.2, 0.25) is 0 Å². The number of benzene rings is 1. The van der Waals surface area contributed by atoms with E-state index < -0.39 is 35.5 Å². The van der Waals surface area contributed by atoms with E-state index in [2.05, 4.69) is 0 Å². The number of carbonyl (C=O) groups is 3. The van der Waals surface area contributed by atoms with Gasteiger partial charge in [0.05, 0.1) is 18.3 Å². The van der Waals surface area contributed by atoms with Crippen LogP contribution in [0, 0.1) is 11.8 Å². The van der Waals surface area contributed by atoms with Crippen molar-refractivity contribution >= 4 is 17.7 Å². The molecule has 5 heteroatoms. The van der Waals surface area contributed by atoms with E-state index in [1.807, 2.05) is 30.3 Å². The molecule has 0 heterocycles. The van der Waals surface area contributed by atoms with Crippen LogP contribution in [0.4, 0.5) is 0 Å². The normalized spacial score (nSPS) is 14.8. The first-order chi connectivity index (χ1) is 12.0. The van der Waals surface area contributed by atoms with Gasteiger partial charge >= 0.3 is 11.9 Å². The van der Waals surface area contributed by atoms with Gasteiger partial charge in [-0.15, -0.1) is 0 Å². The molecule has 3 atom stereocenters. The second-order valence-corrected chi connectivity index (χ2v) is 7.74. The molecule has 0 bridgehead atoms. The van der Waals surface area contributed by atoms with Gasteiger partial charge in [-0.2, -0.15) is 0 Å². The fourth-order valence-corrected chi connectivity index (χ4v) is 2.61. The van der Waals surface area contributed by atoms with Crippen LogP contribution >= 0.6 is 0 Å². The average Bonchev–Trinajstić information content (AvgIpc) is 2.51. The molecule has 1 aromatic rings. The van der Waals surface area contributed by atoms with Crippen LogP contribution in [0.25, 0.3) is 0 Å². The fraction of sp³-hybridized carbons (Fsp3) is 0.571. The van der Waals surface area contributed by atoms with Crippen molar-refractivity contribution in [2.45, 2.75) is 66.1 Å². The van der Waals surface area contributed by atoms with Gasteiger partial charge in [-0.25, -0.2) is 0 Å². The number of esters is 2. The summed E-state index contributed by atoms with van der Waals surface area (Å²) in [5.74, 6) is -2.02. The van der Waals surface area contributed by atoms with E-state index in [4.69, 9.17) is 9.47 Å². The quantitative estimate of drug-likeness (QED) is 0.659. The molecule has 0 N–H and O–H groups in total. The highest BCUT2D eigenvalue weighted by Gasteiger charge is 2.29. The average molecular weight is 362 g/mol. The third kappa shape index (κ3) is 7.81. The van der Waals surface area contributed by atoms with Crippen LogP contribution in [0.2, 0.25) is 0 Å². The van der Waals surface area contributed by atoms with E-state index in [9.17, 15) is 14.4 Å². The summed E-state index contributed by atoms with van der Waals surface area (Å²) in [6.45, 7) is 10.2. The lowest BCUT2D eigenvalue weighted by Crippen LogP contribution is -2.33. The van der Waals surface area contributed by atoms with E-state index >= 15 is 0 Å². The Hall–Kier alpha value is -2.17. The van der Waals surface area contributed by atoms with E-state index in [0.29, 0.717) is 6.42 Å². The van der Waals surface area contributed by atoms with Crippen LogP contribution in [0.5, 0.6) is 0 Å². The Labute approximate surface area is 156 Å². The summed E-state index contributed by atoms with van der Waals surface area (Å²) in [4.78, 5) is 36.2. The minimum atomic E-state index is -0.628. The summed E-state index contributed by atoms with van der Waals surface area (Å²) in [6.07, 6.45) is -0.113. The highest BCUT2D eigenvalue weighted by atomic mass is 16.6. The Kier molecular flexibility index (Phi) is 8.00. The van der Waals surface area contributed by atoms with Gasteiger partial charge in [-0.05, 0) is 46.6 Å². The maximum absolute atomic E-state index is 12.3. The molecule has 0 aliphatic heterocycles. The van der Waals surface area contributed by atoms with Crippen molar-refractivity contribution in [1.82, 2.24) is 0 Å². The Morgan fingerprint density at radius 2 is 1.62 bits per heavy atom. The molecule has 1 rings (SSSR count). The number of carbonyl (C=O) groups excluding carboxylic acids is 3. The summed E-state index contributed by atoms with van der Waals surface area (Å²) in [6, 6.07) is 9.61. The molecular weight excluding hydrogens is 332 g/mol. The molecule has 0 aliphatic carbocycles. The van der Waals surface area contributed by atoms with Gasteiger partial charge in [0.1, 0.15) is 17.5 Å². The molecule has 26 heavy (non-hydrogen) atoms. The summed E-state index contributed by atoms with van der Waals surface area (Å²) in [5.41, 5.74) is 0.418. The lowest BCUT2D eigenvalue weighted by atomic mass is 9.91. The highest BCUT2D eigenvalue weighted by molar-refractivity contribution is 5.81. The van der Waals surface area contributed by atoms with Crippen molar-refractivity contribution in [2.75, 3.05) is 0 Å². The smallest absolute Gasteiger partial charge is 0.309 e. The molecule has 0 aliphatic rings. The molecule has 0 radical (unpaired) electrons. The van der Waals surface area contributed by atoms with Crippen LogP contribution < -0.4 is 0 Å². The van der Waals surface area contributed by atoms with E-state index in [0.717, 1.165) is 5.56 Å². The Morgan fingerprint density at radius 1 is 1.04 bits per heavy atom. The third-order valence-electron chi connectivity index (χ3n) is 3.98. The van der Waals surface area contributed by atoms with Gasteiger partial charge in [-0.3, -0.25) is 14.4 Å². The minimum absolute atomic E-state index is 0.0334. The molecule has 144 valence electrons. The molecule has 5 nitrogen and oxygen atoms in total. The van der Waals surface area contributed by atoms with Crippen molar-refractivity contribution in [3.63, 3.8) is 0 Å². The summed E-state index contributed by atoms with van der Waals surface area (Å²) < 4.78 is 10.7. The molecule has 0 unspecified atom stereocenters. The van der Waals surface area contributed by atoms with Crippen molar-refractivity contribution in [3.05, 3.63) is 35.9 Å². The molecule has 0 fully saturated rings. The van der Waals surface area contributed by atoms with Crippen molar-refractivity contribution in [2.24, 2.45) is 11.8 Å². The molecule has 0 amide bonds. The minimum Gasteiger partial charge on any atom is -0.462 e. The maximum Gasteiger partial charge on any atom is 0.309 e. The van der Waals surface area contributed by atoms with Crippen LogP contribution in [0.15, 0.2) is 30.3 Å². The molecule has 0 saturated heterocycles. The highest BCUT2D eigenvalue weighted by Crippen LogP contribution is 2.19. The van der Waals surface area contributed by atoms with Crippen LogP contribution in [0.3, 0.4) is 0 Å². The zero-order chi connectivity index (χ0) is 19.9. The molecular formula is C21H30O5. The van der Waals surface area contributed by atoms with E-state index in [1.54, 1.807) is 34.6 Å². The zero-order valence-electron chi connectivity index (χ0n) is 16.6. The van der Waals surface area contributed by atoms with Crippen LogP contribution in [0.1, 0.15) is 53.5 Å². The topological polar surface area (TPSA) is 69.7 Å². The summed E-state index contributed by atoms with van der Waals surface area (Å²) in [5, 5.41) is 0. The Balaban J connectivity index is 2.64. The van der Waals surface area contributed by atoms with Gasteiger partial charge in [0, 0.05) is 0 Å². The first-order valence-corrected chi connectivity index (χ1v) is 8.96. The standard InChI is InChI=1S/C21H30O5/c1-14(12-19(23)26-21(4,5)6)20(24)25-16(3)18(15(2)22)13-17-10-8-7-9-11-17/h7-11,14,16,18H,12-13H2,1-6H3/t14-,16+,18-/m1/s1. The number of hydrogen-bond donors (Lipinski definition) is 0. The first-order valence-electron chi connectivity index (χ1n) is 8.96. The lowest BCUT2D eigenvalue weighted by Gasteiger charge is -2.24. The predicted octanol–water partition coefficient (Wildman–Crippen LogP) is 3.73. The van der Waals surface area contributed by atoms with Crippen molar-refractivity contribution < 1.29 is 23.9 Å². The first kappa shape index (κ1) is 21.9. The maximum atomic E-state index is 12.3. The van der Waals surface area contributed by atoms with Crippen molar-refractivity contribution in [3.8, 4) is 0 Å². The molecule has 0 saturated carbocycles. The number of ether oxygens (including phenoxy) is 2. The van der Waals surface area contributed by atoms with Gasteiger partial charge in [-0.1, -0.05) is 37.3 Å². The van der Waals surface area contributed by atoms with Crippen LogP contribution in [-0.2, 0) is 30.3 Å². The lowest BCUT2D eigenvalue weighted by molar-refractivity contribution is -0.164. The second-order valence-electron chi connectivity index (χ2n) is 7.74. The predicted molar refractivity (Wildman–Crippen MR) is 99.5 cm³/mol. The monoisotopic (exact) mass is 362 g/mol. The number of hydrogen-bond acceptors (Lipinski definition) is 5. The van der Waals surface area contributed by atoms with Crippen molar-refractivity contribution in [1.29, 1.82) is 0 Å². The largest absolute Gasteiger partial charge is 0.462 e. The summed E-state index contributed by atoms with van der Waals surface area (Å²) >= 11 is 0. The fourth-order valence-electron chi connectivity index (χ4n) is 2.61. The Bertz CT molecular complexity index is 615. The van der Waals surface area contributed by atoms with Gasteiger partial charge in [0.25, 0.3) is 0 Å². The summed E-state index contributed by atoms with van der Waals surface area (Å²) in [7, 11) is 0. The van der Waals surface area contributed by atoms with Gasteiger partial charge in [0.15, 0.2) is 0 Å². The van der Waals surface area contributed by atoms with E-state index in [-0.39, 0.29) is 12.2 Å². The SMILES string of the molecule is CC(=O)[C@@H](Cc1ccccc1)[C@H](C)OC(=O)[C@H](C)CC(=O)OC(C)(C)C. The van der Waals surface area contributed by atoms with Crippen LogP contribution in [-0.4, -0.2) is 29.4 Å². The third-order valence-corrected chi connectivity index (χ3v) is 3.98. The van der Waals surface area contributed by atoms with Gasteiger partial charge < -0.3 is 9.47 Å². The second kappa shape index (κ2) is 9.51. The number of rotatable bonds is 8.